The van der Waals surface area contributed by atoms with Crippen LogP contribution in [-0.4, -0.2) is 7.38 Å². The van der Waals surface area contributed by atoms with Gasteiger partial charge in [0, 0.05) is 5.54 Å². The Morgan fingerprint density at radius 2 is 0.839 bits per heavy atom. The Bertz CT molecular complexity index is 2370. The quantitative estimate of drug-likeness (QED) is 0.142. The van der Waals surface area contributed by atoms with Gasteiger partial charge >= 0.3 is 0 Å². The fourth-order valence-electron chi connectivity index (χ4n) is 10.1. The zero-order valence-electron chi connectivity index (χ0n) is 43.9. The molecule has 1 unspecified atom stereocenters. The molecule has 0 amide bonds. The second-order valence-corrected chi connectivity index (χ2v) is 32.7. The van der Waals surface area contributed by atoms with Crippen LogP contribution >= 0.6 is 11.1 Å². The average Bonchev–Trinajstić information content (AvgIpc) is 3.62. The van der Waals surface area contributed by atoms with E-state index in [1.807, 2.05) is 0 Å². The number of halogens is 1. The Labute approximate surface area is 387 Å². The van der Waals surface area contributed by atoms with E-state index >= 15 is 0 Å². The van der Waals surface area contributed by atoms with Gasteiger partial charge < -0.3 is 0 Å². The van der Waals surface area contributed by atoms with E-state index in [9.17, 15) is 0 Å². The first-order chi connectivity index (χ1) is 27.8. The van der Waals surface area contributed by atoms with E-state index in [0.717, 1.165) is 6.42 Å². The van der Waals surface area contributed by atoms with Crippen LogP contribution < -0.4 is 0 Å². The highest BCUT2D eigenvalue weighted by molar-refractivity contribution is 7.20. The third-order valence-corrected chi connectivity index (χ3v) is 16.4. The summed E-state index contributed by atoms with van der Waals surface area (Å²) in [7, 11) is -1.94. The summed E-state index contributed by atoms with van der Waals surface area (Å²) in [5, 5.41) is 0. The van der Waals surface area contributed by atoms with Crippen LogP contribution in [0.2, 0.25) is 13.1 Å². The third-order valence-electron chi connectivity index (χ3n) is 13.6. The molecule has 0 N–H and O–H groups in total. The van der Waals surface area contributed by atoms with Crippen molar-refractivity contribution in [2.45, 2.75) is 210 Å². The molecule has 4 aromatic carbocycles. The minimum absolute atomic E-state index is 0.0708. The van der Waals surface area contributed by atoms with E-state index in [2.05, 4.69) is 226 Å². The molecule has 2 heteroatoms. The van der Waals surface area contributed by atoms with Gasteiger partial charge in [0.15, 0.2) is 7.38 Å². The summed E-state index contributed by atoms with van der Waals surface area (Å²) in [6.07, 6.45) is 5.90. The van der Waals surface area contributed by atoms with E-state index < -0.39 is 7.38 Å². The molecule has 0 aliphatic heterocycles. The van der Waals surface area contributed by atoms with Crippen molar-refractivity contribution in [3.8, 4) is 22.3 Å². The van der Waals surface area contributed by atoms with Crippen LogP contribution in [0.1, 0.15) is 211 Å². The molecule has 0 spiro atoms. The van der Waals surface area contributed by atoms with E-state index in [0.29, 0.717) is 5.54 Å². The van der Waals surface area contributed by atoms with Crippen molar-refractivity contribution in [1.82, 2.24) is 0 Å². The Hall–Kier alpha value is -3.13. The summed E-state index contributed by atoms with van der Waals surface area (Å²) >= 11 is 7.13. The first kappa shape index (κ1) is 49.9. The molecule has 2 aliphatic carbocycles. The van der Waals surface area contributed by atoms with Crippen molar-refractivity contribution < 1.29 is 0 Å². The lowest BCUT2D eigenvalue weighted by molar-refractivity contribution is 0.568. The van der Waals surface area contributed by atoms with E-state index in [1.54, 1.807) is 0 Å². The molecule has 0 nitrogen and oxygen atoms in total. The molecule has 4 aromatic rings. The third kappa shape index (κ3) is 10.4. The minimum atomic E-state index is -1.94. The molecule has 1 atom stereocenters. The predicted octanol–water partition coefficient (Wildman–Crippen LogP) is 18.6. The van der Waals surface area contributed by atoms with Gasteiger partial charge in [0.2, 0.25) is 0 Å². The highest BCUT2D eigenvalue weighted by Crippen LogP contribution is 2.51. The summed E-state index contributed by atoms with van der Waals surface area (Å²) in [5.41, 5.74) is 26.7. The molecule has 0 heterocycles. The Kier molecular flexibility index (Phi) is 13.2. The Morgan fingerprint density at radius 3 is 1.21 bits per heavy atom. The Balaban J connectivity index is 0.000000236. The van der Waals surface area contributed by atoms with Crippen LogP contribution in [0.15, 0.2) is 59.7 Å². The maximum absolute atomic E-state index is 7.13. The molecule has 0 fully saturated rings. The van der Waals surface area contributed by atoms with E-state index in [-0.39, 0.29) is 32.5 Å². The molecular formula is C60H85ClSi. The van der Waals surface area contributed by atoms with Crippen LogP contribution in [0.5, 0.6) is 0 Å². The molecule has 62 heavy (non-hydrogen) atoms. The van der Waals surface area contributed by atoms with E-state index in [4.69, 9.17) is 11.1 Å². The first-order valence-corrected chi connectivity index (χ1v) is 27.6. The lowest BCUT2D eigenvalue weighted by Gasteiger charge is -2.31. The number of rotatable bonds is 3. The average molecular weight is 870 g/mol. The monoisotopic (exact) mass is 869 g/mol. The van der Waals surface area contributed by atoms with E-state index in [1.165, 1.54) is 100 Å². The van der Waals surface area contributed by atoms with Gasteiger partial charge in [-0.05, 0) is 156 Å². The number of hydrogen-bond donors (Lipinski definition) is 0. The minimum Gasteiger partial charge on any atom is -0.167 e. The number of hydrogen-bond acceptors (Lipinski definition) is 0. The SMILES string of the molecule is CC1=Cc2c(cc(C(C)(C)C)c(C)c2-c2cc(C(C)(C)C)cc(C(C)(C)C)c2)C1[Si](C)(C)Cl.CC1=Cc2cc(C(C)(C)C)c(C)c(-c3cc(C(C)(C)C)cc(C(C)(C)C)c3)c2C1. The molecule has 0 saturated carbocycles. The summed E-state index contributed by atoms with van der Waals surface area (Å²) in [6, 6.07) is 19.6. The normalized spacial score (nSPS) is 16.1. The van der Waals surface area contributed by atoms with Gasteiger partial charge in [0.05, 0.1) is 0 Å². The van der Waals surface area contributed by atoms with Crippen molar-refractivity contribution in [3.05, 3.63) is 126 Å². The van der Waals surface area contributed by atoms with Crippen molar-refractivity contribution in [1.29, 1.82) is 0 Å². The lowest BCUT2D eigenvalue weighted by atomic mass is 9.75. The van der Waals surface area contributed by atoms with Crippen molar-refractivity contribution in [2.24, 2.45) is 0 Å². The van der Waals surface area contributed by atoms with Gasteiger partial charge in [-0.1, -0.05) is 210 Å². The molecule has 0 radical (unpaired) electrons. The lowest BCUT2D eigenvalue weighted by Crippen LogP contribution is -2.28. The van der Waals surface area contributed by atoms with Gasteiger partial charge in [-0.3, -0.25) is 0 Å². The fourth-order valence-corrected chi connectivity index (χ4v) is 13.1. The highest BCUT2D eigenvalue weighted by Gasteiger charge is 2.40. The number of fused-ring (bicyclic) bond motifs is 2. The predicted molar refractivity (Wildman–Crippen MR) is 283 cm³/mol. The maximum Gasteiger partial charge on any atom is 0.161 e. The van der Waals surface area contributed by atoms with Crippen LogP contribution in [0, 0.1) is 13.8 Å². The van der Waals surface area contributed by atoms with Crippen LogP contribution in [0.4, 0.5) is 0 Å². The molecular weight excluding hydrogens is 784 g/mol. The summed E-state index contributed by atoms with van der Waals surface area (Å²) in [5.74, 6) is 0. The maximum atomic E-state index is 7.13. The summed E-state index contributed by atoms with van der Waals surface area (Å²) in [4.78, 5) is 0. The molecule has 2 aliphatic rings. The second-order valence-electron chi connectivity index (χ2n) is 26.1. The zero-order valence-corrected chi connectivity index (χ0v) is 45.7. The van der Waals surface area contributed by atoms with Crippen molar-refractivity contribution >= 4 is 30.6 Å². The van der Waals surface area contributed by atoms with Gasteiger partial charge in [-0.15, -0.1) is 0 Å². The molecule has 336 valence electrons. The van der Waals surface area contributed by atoms with Crippen LogP contribution in [-0.2, 0) is 38.9 Å². The largest absolute Gasteiger partial charge is 0.167 e. The molecule has 0 bridgehead atoms. The summed E-state index contributed by atoms with van der Waals surface area (Å²) < 4.78 is 0. The van der Waals surface area contributed by atoms with Crippen LogP contribution in [0.25, 0.3) is 34.4 Å². The van der Waals surface area contributed by atoms with Gasteiger partial charge in [0.25, 0.3) is 0 Å². The zero-order chi connectivity index (χ0) is 47.2. The number of benzene rings is 4. The fraction of sp³-hybridized carbons (Fsp3) is 0.533. The van der Waals surface area contributed by atoms with Crippen molar-refractivity contribution in [3.63, 3.8) is 0 Å². The van der Waals surface area contributed by atoms with Crippen molar-refractivity contribution in [2.75, 3.05) is 0 Å². The highest BCUT2D eigenvalue weighted by atomic mass is 35.6. The summed E-state index contributed by atoms with van der Waals surface area (Å²) in [6.45, 7) is 55.7. The second kappa shape index (κ2) is 16.4. The standard InChI is InChI=1S/C31H45ClSi.C29H40/c1-19-14-24-25(28(19)33(12,13)32)18-26(31(9,10)11)20(2)27(24)21-15-22(29(3,4)5)17-23(16-21)30(6,7)8;1-18-12-20-16-25(29(9,10)11)19(2)26(24(20)13-18)21-14-22(27(3,4)5)17-23(15-21)28(6,7)8/h14-18,28H,1-13H3;12,14-17H,13H2,1-11H3. The topological polar surface area (TPSA) is 0 Å². The molecule has 0 saturated heterocycles. The Morgan fingerprint density at radius 1 is 0.468 bits per heavy atom. The van der Waals surface area contributed by atoms with Gasteiger partial charge in [-0.2, -0.15) is 11.1 Å². The van der Waals surface area contributed by atoms with Gasteiger partial charge in [0.1, 0.15) is 0 Å². The van der Waals surface area contributed by atoms with Crippen LogP contribution in [0.3, 0.4) is 0 Å². The molecule has 0 aromatic heterocycles. The molecule has 6 rings (SSSR count). The smallest absolute Gasteiger partial charge is 0.161 e. The van der Waals surface area contributed by atoms with Gasteiger partial charge in [-0.25, -0.2) is 0 Å². The number of allylic oxidation sites excluding steroid dienone is 2. The first-order valence-electron chi connectivity index (χ1n) is 23.5.